The third kappa shape index (κ3) is 3.18. The molecule has 4 rings (SSSR count). The molecule has 152 valence electrons. The summed E-state index contributed by atoms with van der Waals surface area (Å²) in [5.41, 5.74) is 2.84. The van der Waals surface area contributed by atoms with Crippen LogP contribution in [-0.2, 0) is 11.2 Å². The topological polar surface area (TPSA) is 96.5 Å². The van der Waals surface area contributed by atoms with Gasteiger partial charge < -0.3 is 9.72 Å². The molecule has 2 aromatic carbocycles. The molecule has 2 amide bonds. The fraction of sp³-hybridized carbons (Fsp3) is 0.217. The predicted molar refractivity (Wildman–Crippen MR) is 110 cm³/mol. The van der Waals surface area contributed by atoms with E-state index in [1.807, 2.05) is 0 Å². The number of rotatable bonds is 6. The summed E-state index contributed by atoms with van der Waals surface area (Å²) in [5.74, 6) is -1.31. The second kappa shape index (κ2) is 7.59. The van der Waals surface area contributed by atoms with Crippen LogP contribution in [0, 0.1) is 0 Å². The summed E-state index contributed by atoms with van der Waals surface area (Å²) in [5, 5.41) is 0.697. The van der Waals surface area contributed by atoms with Gasteiger partial charge in [0.25, 0.3) is 11.8 Å². The number of H-pyrrole nitrogens is 1. The van der Waals surface area contributed by atoms with Crippen molar-refractivity contribution in [3.63, 3.8) is 0 Å². The number of imide groups is 1. The Morgan fingerprint density at radius 3 is 2.30 bits per heavy atom. The minimum atomic E-state index is -0.518. The molecule has 7 nitrogen and oxygen atoms in total. The number of carbonyl (C=O) groups excluding carboxylic acids is 4. The van der Waals surface area contributed by atoms with E-state index in [0.717, 1.165) is 0 Å². The first-order valence-corrected chi connectivity index (χ1v) is 9.70. The molecule has 0 spiro atoms. The van der Waals surface area contributed by atoms with E-state index in [9.17, 15) is 19.2 Å². The fourth-order valence-electron chi connectivity index (χ4n) is 3.77. The molecule has 7 heteroatoms. The van der Waals surface area contributed by atoms with Gasteiger partial charge in [0.15, 0.2) is 5.78 Å². The van der Waals surface area contributed by atoms with Crippen molar-refractivity contribution in [2.24, 2.45) is 0 Å². The molecule has 3 aromatic rings. The quantitative estimate of drug-likeness (QED) is 0.386. The molecule has 30 heavy (non-hydrogen) atoms. The van der Waals surface area contributed by atoms with Crippen LogP contribution in [0.1, 0.15) is 61.0 Å². The zero-order chi connectivity index (χ0) is 21.4. The summed E-state index contributed by atoms with van der Waals surface area (Å²) >= 11 is 0. The first kappa shape index (κ1) is 19.6. The molecule has 1 aliphatic heterocycles. The van der Waals surface area contributed by atoms with Crippen LogP contribution >= 0.6 is 0 Å². The van der Waals surface area contributed by atoms with Crippen LogP contribution in [0.4, 0.5) is 0 Å². The molecule has 1 N–H and O–H groups in total. The summed E-state index contributed by atoms with van der Waals surface area (Å²) < 4.78 is 5.16. The second-order valence-electron chi connectivity index (χ2n) is 7.07. The molecule has 0 saturated carbocycles. The standard InChI is InChI=1S/C23H20N2O5/c1-3-30-23(29)20-15(18-12-14(13(2)26)8-9-19(18)24-20)10-11-25-21(27)16-6-4-5-7-17(16)22(25)28/h4-9,12,24H,3,10-11H2,1-2H3. The number of fused-ring (bicyclic) bond motifs is 2. The molecule has 0 fully saturated rings. The van der Waals surface area contributed by atoms with Gasteiger partial charge in [-0.25, -0.2) is 4.79 Å². The molecule has 1 aromatic heterocycles. The number of ether oxygens (including phenoxy) is 1. The average molecular weight is 404 g/mol. The molecular formula is C23H20N2O5. The van der Waals surface area contributed by atoms with E-state index in [0.29, 0.717) is 33.2 Å². The van der Waals surface area contributed by atoms with Crippen molar-refractivity contribution >= 4 is 34.5 Å². The van der Waals surface area contributed by atoms with Gasteiger partial charge in [-0.05, 0) is 56.2 Å². The average Bonchev–Trinajstić information content (AvgIpc) is 3.22. The number of esters is 1. The van der Waals surface area contributed by atoms with E-state index in [-0.39, 0.29) is 42.9 Å². The number of ketones is 1. The number of aromatic amines is 1. The van der Waals surface area contributed by atoms with E-state index in [1.165, 1.54) is 11.8 Å². The van der Waals surface area contributed by atoms with Gasteiger partial charge in [-0.2, -0.15) is 0 Å². The monoisotopic (exact) mass is 404 g/mol. The Morgan fingerprint density at radius 2 is 1.70 bits per heavy atom. The first-order chi connectivity index (χ1) is 14.4. The zero-order valence-corrected chi connectivity index (χ0v) is 16.7. The third-order valence-electron chi connectivity index (χ3n) is 5.26. The highest BCUT2D eigenvalue weighted by Crippen LogP contribution is 2.28. The lowest BCUT2D eigenvalue weighted by molar-refractivity contribution is 0.0519. The van der Waals surface area contributed by atoms with E-state index in [4.69, 9.17) is 4.74 Å². The van der Waals surface area contributed by atoms with Crippen LogP contribution in [0.3, 0.4) is 0 Å². The summed E-state index contributed by atoms with van der Waals surface area (Å²) in [6, 6.07) is 11.8. The molecule has 0 radical (unpaired) electrons. The van der Waals surface area contributed by atoms with E-state index in [2.05, 4.69) is 4.98 Å². The lowest BCUT2D eigenvalue weighted by atomic mass is 10.0. The smallest absolute Gasteiger partial charge is 0.355 e. The Balaban J connectivity index is 1.70. The van der Waals surface area contributed by atoms with Gasteiger partial charge in [0, 0.05) is 23.0 Å². The van der Waals surface area contributed by atoms with Gasteiger partial charge >= 0.3 is 5.97 Å². The van der Waals surface area contributed by atoms with Gasteiger partial charge in [0.2, 0.25) is 0 Å². The molecule has 0 bridgehead atoms. The number of nitrogens with zero attached hydrogens (tertiary/aromatic N) is 1. The molecule has 0 unspecified atom stereocenters. The van der Waals surface area contributed by atoms with Crippen LogP contribution < -0.4 is 0 Å². The van der Waals surface area contributed by atoms with Crippen molar-refractivity contribution in [3.8, 4) is 0 Å². The lowest BCUT2D eigenvalue weighted by Crippen LogP contribution is -2.32. The minimum Gasteiger partial charge on any atom is -0.461 e. The summed E-state index contributed by atoms with van der Waals surface area (Å²) in [4.78, 5) is 53.9. The molecule has 2 heterocycles. The van der Waals surface area contributed by atoms with Crippen molar-refractivity contribution < 1.29 is 23.9 Å². The number of benzene rings is 2. The Kier molecular flexibility index (Phi) is 4.95. The van der Waals surface area contributed by atoms with E-state index < -0.39 is 5.97 Å². The van der Waals surface area contributed by atoms with Gasteiger partial charge in [0.05, 0.1) is 17.7 Å². The maximum Gasteiger partial charge on any atom is 0.355 e. The maximum atomic E-state index is 12.7. The highest BCUT2D eigenvalue weighted by Gasteiger charge is 2.35. The Bertz CT molecular complexity index is 1170. The van der Waals surface area contributed by atoms with Crippen molar-refractivity contribution in [3.05, 3.63) is 70.4 Å². The normalized spacial score (nSPS) is 13.1. The second-order valence-corrected chi connectivity index (χ2v) is 7.07. The number of Topliss-reactive ketones (excluding diaryl/α,β-unsaturated/α-hetero) is 1. The Hall–Kier alpha value is -3.74. The maximum absolute atomic E-state index is 12.7. The van der Waals surface area contributed by atoms with Gasteiger partial charge in [-0.3, -0.25) is 19.3 Å². The molecule has 0 saturated heterocycles. The van der Waals surface area contributed by atoms with E-state index in [1.54, 1.807) is 49.4 Å². The summed E-state index contributed by atoms with van der Waals surface area (Å²) in [6.45, 7) is 3.51. The van der Waals surface area contributed by atoms with Gasteiger partial charge in [-0.15, -0.1) is 0 Å². The minimum absolute atomic E-state index is 0.0953. The van der Waals surface area contributed by atoms with Crippen molar-refractivity contribution in [2.75, 3.05) is 13.2 Å². The fourth-order valence-corrected chi connectivity index (χ4v) is 3.77. The summed E-state index contributed by atoms with van der Waals surface area (Å²) in [6.07, 6.45) is 0.251. The van der Waals surface area contributed by atoms with Crippen molar-refractivity contribution in [2.45, 2.75) is 20.3 Å². The largest absolute Gasteiger partial charge is 0.461 e. The number of aromatic nitrogens is 1. The van der Waals surface area contributed by atoms with Crippen LogP contribution in [0.2, 0.25) is 0 Å². The molecule has 1 aliphatic rings. The number of nitrogens with one attached hydrogen (secondary N) is 1. The molecule has 0 aliphatic carbocycles. The van der Waals surface area contributed by atoms with E-state index >= 15 is 0 Å². The Morgan fingerprint density at radius 1 is 1.03 bits per heavy atom. The molecule has 0 atom stereocenters. The molecular weight excluding hydrogens is 384 g/mol. The van der Waals surface area contributed by atoms with Crippen LogP contribution in [0.25, 0.3) is 10.9 Å². The first-order valence-electron chi connectivity index (χ1n) is 9.70. The number of carbonyl (C=O) groups is 4. The highest BCUT2D eigenvalue weighted by molar-refractivity contribution is 6.21. The number of hydrogen-bond acceptors (Lipinski definition) is 5. The van der Waals surface area contributed by atoms with Crippen LogP contribution in [-0.4, -0.2) is 46.6 Å². The lowest BCUT2D eigenvalue weighted by Gasteiger charge is -2.14. The third-order valence-corrected chi connectivity index (χ3v) is 5.26. The van der Waals surface area contributed by atoms with Crippen LogP contribution in [0.15, 0.2) is 42.5 Å². The number of hydrogen-bond donors (Lipinski definition) is 1. The zero-order valence-electron chi connectivity index (χ0n) is 16.7. The van der Waals surface area contributed by atoms with Gasteiger partial charge in [0.1, 0.15) is 5.69 Å². The number of amides is 2. The van der Waals surface area contributed by atoms with Crippen molar-refractivity contribution in [1.29, 1.82) is 0 Å². The van der Waals surface area contributed by atoms with Crippen molar-refractivity contribution in [1.82, 2.24) is 9.88 Å². The van der Waals surface area contributed by atoms with Gasteiger partial charge in [-0.1, -0.05) is 12.1 Å². The van der Waals surface area contributed by atoms with Crippen LogP contribution in [0.5, 0.6) is 0 Å². The predicted octanol–water partition coefficient (Wildman–Crippen LogP) is 3.39. The Labute approximate surface area is 172 Å². The SMILES string of the molecule is CCOC(=O)c1[nH]c2ccc(C(C)=O)cc2c1CCN1C(=O)c2ccccc2C1=O. The summed E-state index contributed by atoms with van der Waals surface area (Å²) in [7, 11) is 0. The highest BCUT2D eigenvalue weighted by atomic mass is 16.5.